The van der Waals surface area contributed by atoms with Crippen LogP contribution in [0.3, 0.4) is 0 Å². The summed E-state index contributed by atoms with van der Waals surface area (Å²) in [5.41, 5.74) is 1.98. The van der Waals surface area contributed by atoms with Crippen LogP contribution in [0.15, 0.2) is 24.3 Å². The van der Waals surface area contributed by atoms with E-state index in [1.165, 1.54) is 5.56 Å². The molecule has 1 saturated heterocycles. The molecule has 114 valence electrons. The number of carboxylic acids is 2. The lowest BCUT2D eigenvalue weighted by Crippen LogP contribution is -2.33. The second kappa shape index (κ2) is 7.22. The normalized spacial score (nSPS) is 16.8. The van der Waals surface area contributed by atoms with E-state index in [1.807, 2.05) is 24.3 Å². The van der Waals surface area contributed by atoms with Gasteiger partial charge in [0.15, 0.2) is 0 Å². The second-order valence-electron chi connectivity index (χ2n) is 5.70. The zero-order chi connectivity index (χ0) is 15.2. The van der Waals surface area contributed by atoms with E-state index in [0.717, 1.165) is 38.0 Å². The first-order valence-electron chi connectivity index (χ1n) is 7.26. The summed E-state index contributed by atoms with van der Waals surface area (Å²) in [5.74, 6) is -1.22. The summed E-state index contributed by atoms with van der Waals surface area (Å²) in [5, 5.41) is 17.5. The zero-order valence-electron chi connectivity index (χ0n) is 12.0. The van der Waals surface area contributed by atoms with Crippen LogP contribution in [-0.2, 0) is 22.6 Å². The quantitative estimate of drug-likeness (QED) is 0.838. The van der Waals surface area contributed by atoms with Gasteiger partial charge in [-0.05, 0) is 43.0 Å². The highest BCUT2D eigenvalue weighted by Crippen LogP contribution is 2.21. The Hall–Kier alpha value is -1.88. The Morgan fingerprint density at radius 3 is 2.10 bits per heavy atom. The molecule has 0 spiro atoms. The minimum atomic E-state index is -0.816. The van der Waals surface area contributed by atoms with Gasteiger partial charge >= 0.3 is 11.9 Å². The summed E-state index contributed by atoms with van der Waals surface area (Å²) >= 11 is 0. The van der Waals surface area contributed by atoms with Crippen molar-refractivity contribution in [2.45, 2.75) is 32.2 Å². The van der Waals surface area contributed by atoms with Crippen molar-refractivity contribution in [2.75, 3.05) is 13.1 Å². The maximum atomic E-state index is 10.7. The Morgan fingerprint density at radius 2 is 1.57 bits per heavy atom. The van der Waals surface area contributed by atoms with Gasteiger partial charge in [0.25, 0.3) is 0 Å². The molecule has 5 heteroatoms. The van der Waals surface area contributed by atoms with Gasteiger partial charge in [0.05, 0.1) is 6.42 Å². The smallest absolute Gasteiger partial charge is 0.307 e. The molecular weight excluding hydrogens is 270 g/mol. The maximum absolute atomic E-state index is 10.7. The van der Waals surface area contributed by atoms with Crippen molar-refractivity contribution in [2.24, 2.45) is 5.92 Å². The molecule has 0 saturated carbocycles. The fraction of sp³-hybridized carbons (Fsp3) is 0.500. The van der Waals surface area contributed by atoms with Crippen LogP contribution in [0.5, 0.6) is 0 Å². The highest BCUT2D eigenvalue weighted by molar-refractivity contribution is 5.70. The Kier molecular flexibility index (Phi) is 5.33. The topological polar surface area (TPSA) is 77.8 Å². The molecule has 1 aromatic carbocycles. The molecule has 1 aliphatic rings. The van der Waals surface area contributed by atoms with E-state index in [-0.39, 0.29) is 12.8 Å². The zero-order valence-corrected chi connectivity index (χ0v) is 12.0. The Labute approximate surface area is 124 Å². The third kappa shape index (κ3) is 5.19. The van der Waals surface area contributed by atoms with Gasteiger partial charge in [-0.2, -0.15) is 0 Å². The third-order valence-corrected chi connectivity index (χ3v) is 3.95. The minimum Gasteiger partial charge on any atom is -0.481 e. The van der Waals surface area contributed by atoms with Crippen molar-refractivity contribution >= 4 is 11.9 Å². The lowest BCUT2D eigenvalue weighted by atomic mass is 9.93. The molecule has 1 aliphatic heterocycles. The van der Waals surface area contributed by atoms with Crippen molar-refractivity contribution in [3.63, 3.8) is 0 Å². The highest BCUT2D eigenvalue weighted by Gasteiger charge is 2.21. The molecule has 0 atom stereocenters. The molecule has 1 fully saturated rings. The number of carbonyl (C=O) groups is 2. The van der Waals surface area contributed by atoms with E-state index in [0.29, 0.717) is 5.92 Å². The first-order chi connectivity index (χ1) is 10.0. The van der Waals surface area contributed by atoms with Crippen LogP contribution in [-0.4, -0.2) is 40.1 Å². The Balaban J connectivity index is 1.80. The largest absolute Gasteiger partial charge is 0.481 e. The van der Waals surface area contributed by atoms with Gasteiger partial charge < -0.3 is 10.2 Å². The molecule has 0 unspecified atom stereocenters. The average Bonchev–Trinajstić information content (AvgIpc) is 2.42. The van der Waals surface area contributed by atoms with Crippen LogP contribution in [0.4, 0.5) is 0 Å². The van der Waals surface area contributed by atoms with Gasteiger partial charge in [-0.25, -0.2) is 0 Å². The number of rotatable bonds is 6. The number of piperidine rings is 1. The molecular formula is C16H21NO4. The minimum absolute atomic E-state index is 0.0564. The fourth-order valence-corrected chi connectivity index (χ4v) is 2.79. The number of carboxylic acid groups (broad SMARTS) is 2. The number of hydrogen-bond donors (Lipinski definition) is 2. The van der Waals surface area contributed by atoms with E-state index in [1.54, 1.807) is 0 Å². The second-order valence-corrected chi connectivity index (χ2v) is 5.70. The SMILES string of the molecule is O=C(O)Cc1ccc(CN2CCC(CC(=O)O)CC2)cc1. The molecule has 0 radical (unpaired) electrons. The van der Waals surface area contributed by atoms with Gasteiger partial charge in [0, 0.05) is 13.0 Å². The van der Waals surface area contributed by atoms with Crippen molar-refractivity contribution in [1.29, 1.82) is 0 Å². The molecule has 0 bridgehead atoms. The Morgan fingerprint density at radius 1 is 1.00 bits per heavy atom. The molecule has 1 heterocycles. The monoisotopic (exact) mass is 291 g/mol. The van der Waals surface area contributed by atoms with E-state index in [2.05, 4.69) is 4.90 Å². The number of benzene rings is 1. The fourth-order valence-electron chi connectivity index (χ4n) is 2.79. The number of likely N-dealkylation sites (tertiary alicyclic amines) is 1. The summed E-state index contributed by atoms with van der Waals surface area (Å²) in [6.45, 7) is 2.69. The lowest BCUT2D eigenvalue weighted by Gasteiger charge is -2.31. The molecule has 0 aromatic heterocycles. The molecule has 0 aliphatic carbocycles. The van der Waals surface area contributed by atoms with Crippen LogP contribution in [0.25, 0.3) is 0 Å². The lowest BCUT2D eigenvalue weighted by molar-refractivity contribution is -0.138. The molecule has 1 aromatic rings. The predicted molar refractivity (Wildman–Crippen MR) is 78.0 cm³/mol. The number of nitrogens with zero attached hydrogens (tertiary/aromatic N) is 1. The summed E-state index contributed by atoms with van der Waals surface area (Å²) in [7, 11) is 0. The van der Waals surface area contributed by atoms with Gasteiger partial charge in [-0.15, -0.1) is 0 Å². The first kappa shape index (κ1) is 15.5. The summed E-state index contributed by atoms with van der Waals surface area (Å²) in [4.78, 5) is 23.6. The van der Waals surface area contributed by atoms with Gasteiger partial charge in [0.2, 0.25) is 0 Å². The van der Waals surface area contributed by atoms with Gasteiger partial charge in [-0.1, -0.05) is 24.3 Å². The average molecular weight is 291 g/mol. The van der Waals surface area contributed by atoms with Crippen molar-refractivity contribution in [3.8, 4) is 0 Å². The molecule has 2 N–H and O–H groups in total. The van der Waals surface area contributed by atoms with E-state index >= 15 is 0 Å². The van der Waals surface area contributed by atoms with Crippen molar-refractivity contribution < 1.29 is 19.8 Å². The molecule has 5 nitrogen and oxygen atoms in total. The van der Waals surface area contributed by atoms with E-state index in [9.17, 15) is 9.59 Å². The van der Waals surface area contributed by atoms with E-state index < -0.39 is 11.9 Å². The number of hydrogen-bond acceptors (Lipinski definition) is 3. The first-order valence-corrected chi connectivity index (χ1v) is 7.26. The number of aliphatic carboxylic acids is 2. The van der Waals surface area contributed by atoms with Crippen LogP contribution >= 0.6 is 0 Å². The van der Waals surface area contributed by atoms with Crippen molar-refractivity contribution in [1.82, 2.24) is 4.90 Å². The third-order valence-electron chi connectivity index (χ3n) is 3.95. The van der Waals surface area contributed by atoms with Crippen molar-refractivity contribution in [3.05, 3.63) is 35.4 Å². The van der Waals surface area contributed by atoms with Crippen LogP contribution in [0, 0.1) is 5.92 Å². The van der Waals surface area contributed by atoms with Crippen LogP contribution in [0.1, 0.15) is 30.4 Å². The highest BCUT2D eigenvalue weighted by atomic mass is 16.4. The van der Waals surface area contributed by atoms with Gasteiger partial charge in [0.1, 0.15) is 0 Å². The standard InChI is InChI=1S/C16H21NO4/c18-15(19)9-12-1-3-14(4-2-12)11-17-7-5-13(6-8-17)10-16(20)21/h1-4,13H,5-11H2,(H,18,19)(H,20,21). The predicted octanol–water partition coefficient (Wildman–Crippen LogP) is 2.00. The molecule has 2 rings (SSSR count). The Bertz CT molecular complexity index is 490. The summed E-state index contributed by atoms with van der Waals surface area (Å²) < 4.78 is 0. The van der Waals surface area contributed by atoms with Gasteiger partial charge in [-0.3, -0.25) is 14.5 Å². The summed E-state index contributed by atoms with van der Waals surface area (Å²) in [6.07, 6.45) is 2.20. The van der Waals surface area contributed by atoms with Crippen LogP contribution in [0.2, 0.25) is 0 Å². The maximum Gasteiger partial charge on any atom is 0.307 e. The summed E-state index contributed by atoms with van der Waals surface area (Å²) in [6, 6.07) is 7.67. The van der Waals surface area contributed by atoms with Crippen LogP contribution < -0.4 is 0 Å². The molecule has 0 amide bonds. The van der Waals surface area contributed by atoms with E-state index in [4.69, 9.17) is 10.2 Å². The molecule has 21 heavy (non-hydrogen) atoms.